The molecule has 3 aromatic rings. The molecular weight excluding hydrogens is 499 g/mol. The van der Waals surface area contributed by atoms with E-state index in [1.54, 1.807) is 0 Å². The lowest BCUT2D eigenvalue weighted by Crippen LogP contribution is -2.62. The van der Waals surface area contributed by atoms with Gasteiger partial charge in [0.25, 0.3) is 0 Å². The van der Waals surface area contributed by atoms with Crippen molar-refractivity contribution in [2.75, 3.05) is 31.1 Å². The molecule has 6 nitrogen and oxygen atoms in total. The lowest BCUT2D eigenvalue weighted by atomic mass is 10.0. The zero-order valence-corrected chi connectivity index (χ0v) is 21.9. The number of piperazine rings is 1. The standard InChI is InChI=1S/C27H32F3N5OS/c1-18-15-34(26-32-23-9-8-21(27(28,29)30)14-24(23)37-26)16-19(2)35(18)25(36)31-22-10-12-33(13-11-22)17-20-6-4-3-5-7-20/h3-9,14,18-19,22H,10-13,15-17H2,1-2H3,(H,31,36)/t18-,19-/m1/s1. The van der Waals surface area contributed by atoms with Crippen molar-refractivity contribution in [2.45, 2.75) is 57.5 Å². The molecule has 0 aliphatic carbocycles. The van der Waals surface area contributed by atoms with Crippen molar-refractivity contribution in [3.63, 3.8) is 0 Å². The summed E-state index contributed by atoms with van der Waals surface area (Å²) < 4.78 is 39.8. The van der Waals surface area contributed by atoms with Crippen molar-refractivity contribution in [3.05, 3.63) is 59.7 Å². The number of carbonyl (C=O) groups is 1. The van der Waals surface area contributed by atoms with Crippen LogP contribution in [0.25, 0.3) is 10.2 Å². The summed E-state index contributed by atoms with van der Waals surface area (Å²) in [5.41, 5.74) is 1.20. The number of nitrogens with one attached hydrogen (secondary N) is 1. The minimum absolute atomic E-state index is 0.0414. The maximum absolute atomic E-state index is 13.2. The van der Waals surface area contributed by atoms with E-state index in [0.717, 1.165) is 44.6 Å². The van der Waals surface area contributed by atoms with Gasteiger partial charge in [-0.05, 0) is 50.5 Å². The molecule has 2 aliphatic heterocycles. The Morgan fingerprint density at radius 1 is 1.05 bits per heavy atom. The maximum atomic E-state index is 13.2. The molecule has 1 N–H and O–H groups in total. The summed E-state index contributed by atoms with van der Waals surface area (Å²) in [5.74, 6) is 0. The lowest BCUT2D eigenvalue weighted by Gasteiger charge is -2.45. The highest BCUT2D eigenvalue weighted by molar-refractivity contribution is 7.22. The fraction of sp³-hybridized carbons (Fsp3) is 0.481. The van der Waals surface area contributed by atoms with Crippen LogP contribution in [0.5, 0.6) is 0 Å². The van der Waals surface area contributed by atoms with Gasteiger partial charge in [-0.15, -0.1) is 0 Å². The van der Waals surface area contributed by atoms with Crippen molar-refractivity contribution < 1.29 is 18.0 Å². The molecule has 10 heteroatoms. The first kappa shape index (κ1) is 25.8. The molecule has 2 aromatic carbocycles. The number of halogens is 3. The number of nitrogens with zero attached hydrogens (tertiary/aromatic N) is 4. The molecule has 0 radical (unpaired) electrons. The summed E-state index contributed by atoms with van der Waals surface area (Å²) in [6, 6.07) is 14.1. The molecule has 37 heavy (non-hydrogen) atoms. The second-order valence-electron chi connectivity index (χ2n) is 10.2. The average Bonchev–Trinajstić information content (AvgIpc) is 3.29. The number of fused-ring (bicyclic) bond motifs is 1. The smallest absolute Gasteiger partial charge is 0.344 e. The number of hydrogen-bond donors (Lipinski definition) is 1. The average molecular weight is 532 g/mol. The number of thiazole rings is 1. The number of anilines is 1. The highest BCUT2D eigenvalue weighted by atomic mass is 32.1. The fourth-order valence-corrected chi connectivity index (χ4v) is 6.45. The number of likely N-dealkylation sites (tertiary alicyclic amines) is 1. The van der Waals surface area contributed by atoms with Crippen LogP contribution in [0, 0.1) is 0 Å². The van der Waals surface area contributed by atoms with E-state index in [1.165, 1.54) is 23.0 Å². The van der Waals surface area contributed by atoms with Crippen molar-refractivity contribution >= 4 is 32.7 Å². The molecule has 0 spiro atoms. The van der Waals surface area contributed by atoms with Gasteiger partial charge in [0.1, 0.15) is 0 Å². The van der Waals surface area contributed by atoms with Gasteiger partial charge in [0.05, 0.1) is 15.8 Å². The van der Waals surface area contributed by atoms with Crippen LogP contribution in [0.3, 0.4) is 0 Å². The monoisotopic (exact) mass is 531 g/mol. The molecule has 2 saturated heterocycles. The quantitative estimate of drug-likeness (QED) is 0.477. The number of rotatable bonds is 4. The third-order valence-corrected chi connectivity index (χ3v) is 8.37. The summed E-state index contributed by atoms with van der Waals surface area (Å²) in [4.78, 5) is 24.2. The van der Waals surface area contributed by atoms with Crippen LogP contribution in [-0.4, -0.2) is 65.1 Å². The predicted octanol–water partition coefficient (Wildman–Crippen LogP) is 5.59. The van der Waals surface area contributed by atoms with Crippen molar-refractivity contribution in [3.8, 4) is 0 Å². The van der Waals surface area contributed by atoms with Crippen LogP contribution in [0.4, 0.5) is 23.1 Å². The van der Waals surface area contributed by atoms with Gasteiger partial charge in [0, 0.05) is 50.8 Å². The summed E-state index contributed by atoms with van der Waals surface area (Å²) >= 11 is 1.27. The van der Waals surface area contributed by atoms with Gasteiger partial charge in [0.2, 0.25) is 0 Å². The molecule has 2 fully saturated rings. The predicted molar refractivity (Wildman–Crippen MR) is 141 cm³/mol. The van der Waals surface area contributed by atoms with Crippen LogP contribution in [0.1, 0.15) is 37.8 Å². The maximum Gasteiger partial charge on any atom is 0.416 e. The van der Waals surface area contributed by atoms with E-state index in [4.69, 9.17) is 0 Å². The molecule has 2 amide bonds. The van der Waals surface area contributed by atoms with E-state index in [0.29, 0.717) is 28.4 Å². The van der Waals surface area contributed by atoms with Gasteiger partial charge in [-0.1, -0.05) is 41.7 Å². The number of amides is 2. The van der Waals surface area contributed by atoms with Crippen molar-refractivity contribution in [2.24, 2.45) is 0 Å². The molecule has 198 valence electrons. The van der Waals surface area contributed by atoms with Gasteiger partial charge in [-0.3, -0.25) is 4.90 Å². The zero-order valence-electron chi connectivity index (χ0n) is 21.0. The Hall–Kier alpha value is -2.85. The minimum Gasteiger partial charge on any atom is -0.344 e. The Bertz CT molecular complexity index is 1210. The van der Waals surface area contributed by atoms with Crippen LogP contribution < -0.4 is 10.2 Å². The van der Waals surface area contributed by atoms with Crippen LogP contribution in [0.15, 0.2) is 48.5 Å². The molecule has 0 bridgehead atoms. The van der Waals surface area contributed by atoms with E-state index in [1.807, 2.05) is 24.8 Å². The molecule has 0 saturated carbocycles. The minimum atomic E-state index is -4.38. The first-order valence-corrected chi connectivity index (χ1v) is 13.6. The van der Waals surface area contributed by atoms with Crippen LogP contribution >= 0.6 is 11.3 Å². The number of piperidine rings is 1. The number of urea groups is 1. The Morgan fingerprint density at radius 3 is 2.38 bits per heavy atom. The molecule has 3 heterocycles. The van der Waals surface area contributed by atoms with Gasteiger partial charge in [0.15, 0.2) is 5.13 Å². The molecule has 0 unspecified atom stereocenters. The first-order valence-electron chi connectivity index (χ1n) is 12.7. The number of aromatic nitrogens is 1. The summed E-state index contributed by atoms with van der Waals surface area (Å²) in [7, 11) is 0. The van der Waals surface area contributed by atoms with Gasteiger partial charge in [-0.25, -0.2) is 9.78 Å². The third kappa shape index (κ3) is 5.85. The van der Waals surface area contributed by atoms with Gasteiger partial charge >= 0.3 is 12.2 Å². The van der Waals surface area contributed by atoms with E-state index in [2.05, 4.69) is 44.4 Å². The van der Waals surface area contributed by atoms with E-state index < -0.39 is 11.7 Å². The SMILES string of the molecule is C[C@@H]1CN(c2nc3ccc(C(F)(F)F)cc3s2)C[C@@H](C)N1C(=O)NC1CCN(Cc2ccccc2)CC1. The zero-order chi connectivity index (χ0) is 26.2. The largest absolute Gasteiger partial charge is 0.416 e. The van der Waals surface area contributed by atoms with Crippen molar-refractivity contribution in [1.29, 1.82) is 0 Å². The van der Waals surface area contributed by atoms with E-state index in [-0.39, 0.29) is 24.2 Å². The van der Waals surface area contributed by atoms with E-state index in [9.17, 15) is 18.0 Å². The van der Waals surface area contributed by atoms with E-state index >= 15 is 0 Å². The summed E-state index contributed by atoms with van der Waals surface area (Å²) in [5, 5.41) is 3.95. The Labute approximate surface area is 219 Å². The number of benzene rings is 2. The Morgan fingerprint density at radius 2 is 1.73 bits per heavy atom. The summed E-state index contributed by atoms with van der Waals surface area (Å²) in [6.45, 7) is 8.03. The summed E-state index contributed by atoms with van der Waals surface area (Å²) in [6.07, 6.45) is -2.53. The Kier molecular flexibility index (Phi) is 7.31. The number of hydrogen-bond acceptors (Lipinski definition) is 5. The molecule has 2 atom stereocenters. The second-order valence-corrected chi connectivity index (χ2v) is 11.2. The van der Waals surface area contributed by atoms with Crippen LogP contribution in [0.2, 0.25) is 0 Å². The van der Waals surface area contributed by atoms with Crippen molar-refractivity contribution in [1.82, 2.24) is 20.1 Å². The molecule has 1 aromatic heterocycles. The highest BCUT2D eigenvalue weighted by Gasteiger charge is 2.36. The molecule has 5 rings (SSSR count). The third-order valence-electron chi connectivity index (χ3n) is 7.29. The molecule has 2 aliphatic rings. The van der Waals surface area contributed by atoms with Crippen LogP contribution in [-0.2, 0) is 12.7 Å². The normalized spacial score (nSPS) is 22.0. The number of alkyl halides is 3. The second kappa shape index (κ2) is 10.5. The number of carbonyl (C=O) groups excluding carboxylic acids is 1. The topological polar surface area (TPSA) is 51.7 Å². The van der Waals surface area contributed by atoms with Gasteiger partial charge < -0.3 is 15.1 Å². The fourth-order valence-electron chi connectivity index (χ4n) is 5.43. The lowest BCUT2D eigenvalue weighted by molar-refractivity contribution is -0.137. The first-order chi connectivity index (χ1) is 17.7. The molecular formula is C27H32F3N5OS. The highest BCUT2D eigenvalue weighted by Crippen LogP contribution is 2.36. The van der Waals surface area contributed by atoms with Gasteiger partial charge in [-0.2, -0.15) is 13.2 Å². The Balaban J connectivity index is 1.16.